The normalized spacial score (nSPS) is 17.9. The maximum Gasteiger partial charge on any atom is 0.184 e. The fourth-order valence-corrected chi connectivity index (χ4v) is 4.54. The van der Waals surface area contributed by atoms with Gasteiger partial charge in [0.25, 0.3) is 0 Å². The Kier molecular flexibility index (Phi) is 3.66. The molecule has 2 rings (SSSR count). The molecule has 1 aromatic heterocycles. The van der Waals surface area contributed by atoms with E-state index in [1.807, 2.05) is 28.9 Å². The number of hydrogen-bond donors (Lipinski definition) is 1. The van der Waals surface area contributed by atoms with Crippen molar-refractivity contribution in [1.82, 2.24) is 4.98 Å². The summed E-state index contributed by atoms with van der Waals surface area (Å²) < 4.78 is 0.683. The molecule has 6 heteroatoms. The van der Waals surface area contributed by atoms with E-state index in [1.54, 1.807) is 11.3 Å². The van der Waals surface area contributed by atoms with Gasteiger partial charge >= 0.3 is 0 Å². The predicted molar refractivity (Wildman–Crippen MR) is 64.3 cm³/mol. The maximum atomic E-state index is 5.70. The Hall–Kier alpha value is 0.420. The van der Waals surface area contributed by atoms with Gasteiger partial charge in [-0.3, -0.25) is 0 Å². The summed E-state index contributed by atoms with van der Waals surface area (Å²) in [5.41, 5.74) is 0. The number of nitrogens with zero attached hydrogens (tertiary/aromatic N) is 1. The zero-order valence-corrected chi connectivity index (χ0v) is 10.0. The molecule has 0 saturated carbocycles. The van der Waals surface area contributed by atoms with Gasteiger partial charge in [0.15, 0.2) is 5.13 Å². The molecule has 1 fully saturated rings. The van der Waals surface area contributed by atoms with Gasteiger partial charge in [0.05, 0.1) is 4.58 Å². The molecule has 0 bridgehead atoms. The van der Waals surface area contributed by atoms with E-state index in [1.165, 1.54) is 11.5 Å². The number of nitrogens with one attached hydrogen (secondary N) is 1. The van der Waals surface area contributed by atoms with Gasteiger partial charge in [-0.2, -0.15) is 0 Å². The first-order valence-corrected chi connectivity index (χ1v) is 7.28. The molecular weight excluding hydrogens is 244 g/mol. The third-order valence-electron chi connectivity index (χ3n) is 1.59. The summed E-state index contributed by atoms with van der Waals surface area (Å²) in [7, 11) is 0. The molecule has 1 saturated heterocycles. The van der Waals surface area contributed by atoms with Crippen LogP contribution in [0.2, 0.25) is 5.15 Å². The lowest BCUT2D eigenvalue weighted by molar-refractivity contribution is 1.17. The second-order valence-electron chi connectivity index (χ2n) is 2.53. The van der Waals surface area contributed by atoms with Gasteiger partial charge in [-0.05, 0) is 0 Å². The molecule has 0 atom stereocenters. The van der Waals surface area contributed by atoms with E-state index in [4.69, 9.17) is 11.6 Å². The molecule has 72 valence electrons. The quantitative estimate of drug-likeness (QED) is 0.894. The number of aromatic nitrogens is 1. The van der Waals surface area contributed by atoms with Crippen molar-refractivity contribution in [2.45, 2.75) is 4.58 Å². The Labute approximate surface area is 94.8 Å². The maximum absolute atomic E-state index is 5.70. The van der Waals surface area contributed by atoms with Crippen molar-refractivity contribution in [2.24, 2.45) is 0 Å². The fraction of sp³-hybridized carbons (Fsp3) is 0.571. The Bertz CT molecular complexity index is 272. The number of thiazole rings is 1. The highest BCUT2D eigenvalue weighted by Crippen LogP contribution is 2.32. The second kappa shape index (κ2) is 4.77. The second-order valence-corrected chi connectivity index (χ2v) is 6.69. The standard InChI is InChI=1S/C7H9ClN2S3/c8-5-4-13-7(10-5)9-3-6-11-1-2-12-6/h4,6H,1-3H2,(H,9,10). The molecule has 1 aromatic rings. The van der Waals surface area contributed by atoms with Crippen LogP contribution in [0.15, 0.2) is 5.38 Å². The Morgan fingerprint density at radius 2 is 2.31 bits per heavy atom. The highest BCUT2D eigenvalue weighted by molar-refractivity contribution is 8.20. The molecular formula is C7H9ClN2S3. The lowest BCUT2D eigenvalue weighted by Gasteiger charge is -2.07. The number of anilines is 1. The van der Waals surface area contributed by atoms with E-state index in [9.17, 15) is 0 Å². The summed E-state index contributed by atoms with van der Waals surface area (Å²) in [6.45, 7) is 0.985. The van der Waals surface area contributed by atoms with E-state index < -0.39 is 0 Å². The third kappa shape index (κ3) is 2.94. The largest absolute Gasteiger partial charge is 0.360 e. The summed E-state index contributed by atoms with van der Waals surface area (Å²) in [6.07, 6.45) is 0. The van der Waals surface area contributed by atoms with Crippen molar-refractivity contribution in [3.63, 3.8) is 0 Å². The average molecular weight is 253 g/mol. The van der Waals surface area contributed by atoms with Crippen LogP contribution in [0.5, 0.6) is 0 Å². The highest BCUT2D eigenvalue weighted by Gasteiger charge is 2.15. The van der Waals surface area contributed by atoms with Crippen molar-refractivity contribution in [3.8, 4) is 0 Å². The molecule has 2 nitrogen and oxygen atoms in total. The van der Waals surface area contributed by atoms with Gasteiger partial charge in [0.1, 0.15) is 5.15 Å². The van der Waals surface area contributed by atoms with E-state index >= 15 is 0 Å². The van der Waals surface area contributed by atoms with Gasteiger partial charge in [0, 0.05) is 23.4 Å². The molecule has 13 heavy (non-hydrogen) atoms. The molecule has 0 unspecified atom stereocenters. The SMILES string of the molecule is Clc1csc(NCC2SCCS2)n1. The van der Waals surface area contributed by atoms with Crippen LogP contribution in [0.3, 0.4) is 0 Å². The van der Waals surface area contributed by atoms with Gasteiger partial charge in [-0.15, -0.1) is 34.9 Å². The molecule has 0 amide bonds. The lowest BCUT2D eigenvalue weighted by Crippen LogP contribution is -2.10. The van der Waals surface area contributed by atoms with Gasteiger partial charge in [0.2, 0.25) is 0 Å². The molecule has 1 N–H and O–H groups in total. The minimum Gasteiger partial charge on any atom is -0.360 e. The Morgan fingerprint density at radius 1 is 1.54 bits per heavy atom. The summed E-state index contributed by atoms with van der Waals surface area (Å²) in [5, 5.41) is 6.65. The first-order chi connectivity index (χ1) is 6.34. The van der Waals surface area contributed by atoms with E-state index in [-0.39, 0.29) is 0 Å². The number of thioether (sulfide) groups is 2. The van der Waals surface area contributed by atoms with Crippen LogP contribution in [0, 0.1) is 0 Å². The molecule has 0 aliphatic carbocycles. The van der Waals surface area contributed by atoms with Crippen LogP contribution in [-0.2, 0) is 0 Å². The summed E-state index contributed by atoms with van der Waals surface area (Å²) >= 11 is 11.3. The summed E-state index contributed by atoms with van der Waals surface area (Å²) in [6, 6.07) is 0. The monoisotopic (exact) mass is 252 g/mol. The molecule has 1 aliphatic rings. The first kappa shape index (κ1) is 9.96. The highest BCUT2D eigenvalue weighted by atomic mass is 35.5. The van der Waals surface area contributed by atoms with Crippen LogP contribution in [0.4, 0.5) is 5.13 Å². The smallest absolute Gasteiger partial charge is 0.184 e. The van der Waals surface area contributed by atoms with Crippen molar-refractivity contribution in [3.05, 3.63) is 10.5 Å². The number of hydrogen-bond acceptors (Lipinski definition) is 5. The van der Waals surface area contributed by atoms with E-state index in [0.29, 0.717) is 9.74 Å². The zero-order valence-electron chi connectivity index (χ0n) is 6.83. The third-order valence-corrected chi connectivity index (χ3v) is 5.74. The Morgan fingerprint density at radius 3 is 2.92 bits per heavy atom. The van der Waals surface area contributed by atoms with Crippen molar-refractivity contribution in [1.29, 1.82) is 0 Å². The van der Waals surface area contributed by atoms with Crippen molar-refractivity contribution >= 4 is 51.6 Å². The Balaban J connectivity index is 1.78. The topological polar surface area (TPSA) is 24.9 Å². The number of halogens is 1. The zero-order chi connectivity index (χ0) is 9.10. The average Bonchev–Trinajstić information content (AvgIpc) is 2.71. The molecule has 2 heterocycles. The molecule has 0 spiro atoms. The molecule has 1 aliphatic heterocycles. The first-order valence-electron chi connectivity index (χ1n) is 3.93. The molecule has 0 radical (unpaired) electrons. The van der Waals surface area contributed by atoms with Crippen LogP contribution in [0.25, 0.3) is 0 Å². The minimum absolute atomic E-state index is 0.583. The van der Waals surface area contributed by atoms with Crippen molar-refractivity contribution in [2.75, 3.05) is 23.4 Å². The van der Waals surface area contributed by atoms with E-state index in [2.05, 4.69) is 10.3 Å². The predicted octanol–water partition coefficient (Wildman–Crippen LogP) is 3.01. The summed E-state index contributed by atoms with van der Waals surface area (Å²) in [4.78, 5) is 4.13. The summed E-state index contributed by atoms with van der Waals surface area (Å²) in [5.74, 6) is 2.55. The minimum atomic E-state index is 0.583. The van der Waals surface area contributed by atoms with E-state index in [0.717, 1.165) is 11.7 Å². The van der Waals surface area contributed by atoms with Crippen LogP contribution in [0.1, 0.15) is 0 Å². The van der Waals surface area contributed by atoms with Crippen molar-refractivity contribution < 1.29 is 0 Å². The lowest BCUT2D eigenvalue weighted by atomic mass is 10.7. The van der Waals surface area contributed by atoms with Gasteiger partial charge < -0.3 is 5.32 Å². The van der Waals surface area contributed by atoms with Gasteiger partial charge in [-0.1, -0.05) is 11.6 Å². The van der Waals surface area contributed by atoms with Gasteiger partial charge in [-0.25, -0.2) is 4.98 Å². The number of rotatable bonds is 3. The van der Waals surface area contributed by atoms with Crippen LogP contribution < -0.4 is 5.32 Å². The van der Waals surface area contributed by atoms with Crippen LogP contribution >= 0.6 is 46.5 Å². The van der Waals surface area contributed by atoms with Crippen LogP contribution in [-0.4, -0.2) is 27.6 Å². The fourth-order valence-electron chi connectivity index (χ4n) is 1.03. The molecule has 0 aromatic carbocycles.